The van der Waals surface area contributed by atoms with Gasteiger partial charge < -0.3 is 10.6 Å². The van der Waals surface area contributed by atoms with Crippen molar-refractivity contribution < 1.29 is 4.79 Å². The van der Waals surface area contributed by atoms with Crippen molar-refractivity contribution in [2.45, 2.75) is 19.3 Å². The molecule has 1 saturated carbocycles. The summed E-state index contributed by atoms with van der Waals surface area (Å²) in [6.45, 7) is 2.18. The van der Waals surface area contributed by atoms with Gasteiger partial charge in [0.05, 0.1) is 0 Å². The van der Waals surface area contributed by atoms with Gasteiger partial charge in [-0.25, -0.2) is 0 Å². The van der Waals surface area contributed by atoms with Crippen molar-refractivity contribution in [1.29, 1.82) is 0 Å². The van der Waals surface area contributed by atoms with Crippen LogP contribution in [0.15, 0.2) is 30.3 Å². The molecule has 1 aromatic rings. The first-order chi connectivity index (χ1) is 8.81. The van der Waals surface area contributed by atoms with Crippen LogP contribution in [0.2, 0.25) is 0 Å². The van der Waals surface area contributed by atoms with Crippen molar-refractivity contribution in [3.05, 3.63) is 30.3 Å². The molecule has 2 N–H and O–H groups in total. The van der Waals surface area contributed by atoms with Crippen LogP contribution in [-0.4, -0.2) is 19.0 Å². The summed E-state index contributed by atoms with van der Waals surface area (Å²) in [4.78, 5) is 12.3. The third-order valence-corrected chi connectivity index (χ3v) is 4.18. The van der Waals surface area contributed by atoms with Crippen molar-refractivity contribution >= 4 is 11.6 Å². The van der Waals surface area contributed by atoms with E-state index in [0.717, 1.165) is 31.6 Å². The third kappa shape index (κ3) is 2.56. The average molecular weight is 244 g/mol. The molecule has 2 bridgehead atoms. The zero-order valence-corrected chi connectivity index (χ0v) is 10.6. The van der Waals surface area contributed by atoms with E-state index in [-0.39, 0.29) is 11.8 Å². The average Bonchev–Trinajstić information content (AvgIpc) is 2.39. The van der Waals surface area contributed by atoms with Gasteiger partial charge >= 0.3 is 0 Å². The highest BCUT2D eigenvalue weighted by atomic mass is 16.1. The fourth-order valence-corrected chi connectivity index (χ4v) is 3.37. The number of nitrogens with one attached hydrogen (secondary N) is 2. The molecule has 0 spiro atoms. The monoisotopic (exact) mass is 244 g/mol. The lowest BCUT2D eigenvalue weighted by Crippen LogP contribution is -2.44. The van der Waals surface area contributed by atoms with Crippen LogP contribution in [0.25, 0.3) is 0 Å². The van der Waals surface area contributed by atoms with Gasteiger partial charge in [0, 0.05) is 11.6 Å². The SMILES string of the molecule is O=C(Nc1ccccc1)C1CC2CNCC(C2)C1. The molecule has 3 nitrogen and oxygen atoms in total. The van der Waals surface area contributed by atoms with E-state index in [2.05, 4.69) is 10.6 Å². The highest BCUT2D eigenvalue weighted by Crippen LogP contribution is 2.35. The number of piperidine rings is 1. The van der Waals surface area contributed by atoms with Gasteiger partial charge in [-0.3, -0.25) is 4.79 Å². The molecule has 3 heteroatoms. The number of anilines is 1. The number of carbonyl (C=O) groups excluding carboxylic acids is 1. The number of para-hydroxylation sites is 1. The van der Waals surface area contributed by atoms with E-state index >= 15 is 0 Å². The van der Waals surface area contributed by atoms with E-state index in [0.29, 0.717) is 11.8 Å². The van der Waals surface area contributed by atoms with Gasteiger partial charge in [0.2, 0.25) is 5.91 Å². The number of amides is 1. The topological polar surface area (TPSA) is 41.1 Å². The molecule has 1 aromatic carbocycles. The Morgan fingerprint density at radius 2 is 1.72 bits per heavy atom. The van der Waals surface area contributed by atoms with Crippen molar-refractivity contribution in [3.8, 4) is 0 Å². The van der Waals surface area contributed by atoms with E-state index in [1.807, 2.05) is 30.3 Å². The fraction of sp³-hybridized carbons (Fsp3) is 0.533. The Hall–Kier alpha value is -1.35. The van der Waals surface area contributed by atoms with Crippen LogP contribution in [0.3, 0.4) is 0 Å². The lowest BCUT2D eigenvalue weighted by molar-refractivity contribution is -0.122. The Labute approximate surface area is 108 Å². The van der Waals surface area contributed by atoms with E-state index in [9.17, 15) is 4.79 Å². The summed E-state index contributed by atoms with van der Waals surface area (Å²) < 4.78 is 0. The van der Waals surface area contributed by atoms with Gasteiger partial charge in [0.25, 0.3) is 0 Å². The zero-order chi connectivity index (χ0) is 12.4. The molecule has 0 radical (unpaired) electrons. The maximum Gasteiger partial charge on any atom is 0.227 e. The second-order valence-electron chi connectivity index (χ2n) is 5.65. The first kappa shape index (κ1) is 11.7. The minimum Gasteiger partial charge on any atom is -0.326 e. The minimum atomic E-state index is 0.205. The summed E-state index contributed by atoms with van der Waals surface area (Å²) in [5.41, 5.74) is 0.913. The fourth-order valence-electron chi connectivity index (χ4n) is 3.37. The Morgan fingerprint density at radius 3 is 2.39 bits per heavy atom. The van der Waals surface area contributed by atoms with Gasteiger partial charge in [0.1, 0.15) is 0 Å². The molecule has 1 aliphatic carbocycles. The molecule has 2 atom stereocenters. The molecule has 18 heavy (non-hydrogen) atoms. The Balaban J connectivity index is 1.63. The van der Waals surface area contributed by atoms with Gasteiger partial charge in [-0.05, 0) is 56.3 Å². The van der Waals surface area contributed by atoms with Crippen LogP contribution in [0, 0.1) is 17.8 Å². The molecule has 1 saturated heterocycles. The highest BCUT2D eigenvalue weighted by molar-refractivity contribution is 5.92. The molecule has 3 rings (SSSR count). The molecular formula is C15H20N2O. The van der Waals surface area contributed by atoms with Crippen molar-refractivity contribution in [2.75, 3.05) is 18.4 Å². The molecule has 1 heterocycles. The second-order valence-corrected chi connectivity index (χ2v) is 5.65. The molecule has 2 unspecified atom stereocenters. The van der Waals surface area contributed by atoms with Crippen LogP contribution >= 0.6 is 0 Å². The predicted molar refractivity (Wildman–Crippen MR) is 72.3 cm³/mol. The van der Waals surface area contributed by atoms with Crippen LogP contribution in [0.1, 0.15) is 19.3 Å². The van der Waals surface area contributed by atoms with Gasteiger partial charge in [-0.2, -0.15) is 0 Å². The normalized spacial score (nSPS) is 30.8. The Morgan fingerprint density at radius 1 is 1.06 bits per heavy atom. The maximum absolute atomic E-state index is 12.3. The van der Waals surface area contributed by atoms with E-state index < -0.39 is 0 Å². The minimum absolute atomic E-state index is 0.205. The molecular weight excluding hydrogens is 224 g/mol. The van der Waals surface area contributed by atoms with Crippen LogP contribution in [-0.2, 0) is 4.79 Å². The summed E-state index contributed by atoms with van der Waals surface area (Å²) in [6.07, 6.45) is 3.40. The number of benzene rings is 1. The lowest BCUT2D eigenvalue weighted by Gasteiger charge is -2.38. The molecule has 1 aliphatic heterocycles. The number of hydrogen-bond acceptors (Lipinski definition) is 2. The van der Waals surface area contributed by atoms with Crippen LogP contribution < -0.4 is 10.6 Å². The van der Waals surface area contributed by atoms with E-state index in [1.165, 1.54) is 6.42 Å². The smallest absolute Gasteiger partial charge is 0.227 e. The number of rotatable bonds is 2. The standard InChI is InChI=1S/C15H20N2O/c18-15(17-14-4-2-1-3-5-14)13-7-11-6-12(8-13)10-16-9-11/h1-5,11-13,16H,6-10H2,(H,17,18). The Bertz CT molecular complexity index is 406. The zero-order valence-electron chi connectivity index (χ0n) is 10.6. The first-order valence-corrected chi connectivity index (χ1v) is 6.88. The number of fused-ring (bicyclic) bond motifs is 2. The molecule has 2 fully saturated rings. The van der Waals surface area contributed by atoms with Crippen molar-refractivity contribution in [3.63, 3.8) is 0 Å². The van der Waals surface area contributed by atoms with Crippen LogP contribution in [0.4, 0.5) is 5.69 Å². The second kappa shape index (κ2) is 5.11. The summed E-state index contributed by atoms with van der Waals surface area (Å²) in [5, 5.41) is 6.51. The summed E-state index contributed by atoms with van der Waals surface area (Å²) in [6, 6.07) is 9.77. The summed E-state index contributed by atoms with van der Waals surface area (Å²) >= 11 is 0. The first-order valence-electron chi connectivity index (χ1n) is 6.88. The van der Waals surface area contributed by atoms with Gasteiger partial charge in [0.15, 0.2) is 0 Å². The maximum atomic E-state index is 12.3. The van der Waals surface area contributed by atoms with Crippen molar-refractivity contribution in [1.82, 2.24) is 5.32 Å². The Kier molecular flexibility index (Phi) is 3.33. The largest absolute Gasteiger partial charge is 0.326 e. The highest BCUT2D eigenvalue weighted by Gasteiger charge is 2.34. The molecule has 1 amide bonds. The van der Waals surface area contributed by atoms with E-state index in [4.69, 9.17) is 0 Å². The van der Waals surface area contributed by atoms with Gasteiger partial charge in [-0.15, -0.1) is 0 Å². The number of hydrogen-bond donors (Lipinski definition) is 2. The summed E-state index contributed by atoms with van der Waals surface area (Å²) in [5.74, 6) is 1.81. The van der Waals surface area contributed by atoms with Crippen LogP contribution in [0.5, 0.6) is 0 Å². The molecule has 2 aliphatic rings. The quantitative estimate of drug-likeness (QED) is 0.838. The molecule has 96 valence electrons. The lowest BCUT2D eigenvalue weighted by atomic mass is 9.73. The predicted octanol–water partition coefficient (Wildman–Crippen LogP) is 2.26. The third-order valence-electron chi connectivity index (χ3n) is 4.18. The molecule has 0 aromatic heterocycles. The van der Waals surface area contributed by atoms with Crippen molar-refractivity contribution in [2.24, 2.45) is 17.8 Å². The number of carbonyl (C=O) groups is 1. The van der Waals surface area contributed by atoms with E-state index in [1.54, 1.807) is 0 Å². The van der Waals surface area contributed by atoms with Gasteiger partial charge in [-0.1, -0.05) is 18.2 Å². The summed E-state index contributed by atoms with van der Waals surface area (Å²) in [7, 11) is 0.